The molecule has 2 nitrogen and oxygen atoms in total. The first kappa shape index (κ1) is 25.1. The van der Waals surface area contributed by atoms with Gasteiger partial charge in [0.2, 0.25) is 0 Å². The van der Waals surface area contributed by atoms with E-state index in [1.54, 1.807) is 97.1 Å². The largest absolute Gasteiger partial charge is 0.380 e. The molecule has 0 heterocycles. The minimum absolute atomic E-state index is 0.206. The van der Waals surface area contributed by atoms with E-state index in [0.717, 1.165) is 0 Å². The summed E-state index contributed by atoms with van der Waals surface area (Å²) in [5, 5.41) is 26.4. The van der Waals surface area contributed by atoms with Gasteiger partial charge in [0.15, 0.2) is 0 Å². The van der Waals surface area contributed by atoms with Crippen LogP contribution in [-0.4, -0.2) is 10.2 Å². The van der Waals surface area contributed by atoms with E-state index < -0.39 is 11.2 Å². The van der Waals surface area contributed by atoms with Gasteiger partial charge in [-0.15, -0.1) is 0 Å². The average Bonchev–Trinajstić information content (AvgIpc) is 2.84. The fourth-order valence-corrected chi connectivity index (χ4v) is 4.68. The van der Waals surface area contributed by atoms with Crippen molar-refractivity contribution in [2.75, 3.05) is 0 Å². The number of hydrogen-bond donors (Lipinski definition) is 2. The van der Waals surface area contributed by atoms with Gasteiger partial charge in [-0.1, -0.05) is 94.9 Å². The van der Waals surface area contributed by atoms with Crippen molar-refractivity contribution in [1.29, 1.82) is 0 Å². The van der Waals surface area contributed by atoms with Crippen molar-refractivity contribution in [2.45, 2.75) is 24.0 Å². The van der Waals surface area contributed by atoms with Gasteiger partial charge in [0, 0.05) is 20.1 Å². The van der Waals surface area contributed by atoms with Gasteiger partial charge in [-0.05, 0) is 83.6 Å². The third-order valence-electron chi connectivity index (χ3n) is 6.14. The third-order valence-corrected chi connectivity index (χ3v) is 7.14. The SMILES string of the molecule is OC(CCC(O)(c1ccc(Cl)cc1)c1ccc(Cl)cc1)(c1ccc(Cl)cc1)c1ccc(Cl)cc1. The van der Waals surface area contributed by atoms with Crippen LogP contribution in [-0.2, 0) is 11.2 Å². The Morgan fingerprint density at radius 2 is 0.559 bits per heavy atom. The van der Waals surface area contributed by atoms with Crippen molar-refractivity contribution >= 4 is 46.4 Å². The highest BCUT2D eigenvalue weighted by Crippen LogP contribution is 2.42. The van der Waals surface area contributed by atoms with Gasteiger partial charge in [-0.2, -0.15) is 0 Å². The van der Waals surface area contributed by atoms with Crippen molar-refractivity contribution in [2.24, 2.45) is 0 Å². The lowest BCUT2D eigenvalue weighted by molar-refractivity contribution is 0.0158. The van der Waals surface area contributed by atoms with Crippen LogP contribution < -0.4 is 0 Å². The first-order chi connectivity index (χ1) is 16.2. The maximum Gasteiger partial charge on any atom is 0.115 e. The normalized spacial score (nSPS) is 12.1. The Kier molecular flexibility index (Phi) is 7.59. The van der Waals surface area contributed by atoms with Gasteiger partial charge in [0.1, 0.15) is 11.2 Å². The van der Waals surface area contributed by atoms with Crippen LogP contribution in [0, 0.1) is 0 Å². The Bertz CT molecular complexity index is 1040. The van der Waals surface area contributed by atoms with E-state index in [0.29, 0.717) is 42.3 Å². The molecule has 0 radical (unpaired) electrons. The monoisotopic (exact) mass is 530 g/mol. The van der Waals surface area contributed by atoms with Crippen molar-refractivity contribution in [1.82, 2.24) is 0 Å². The highest BCUT2D eigenvalue weighted by Gasteiger charge is 2.38. The summed E-state index contributed by atoms with van der Waals surface area (Å²) in [6.07, 6.45) is 0.413. The Labute approximate surface area is 219 Å². The van der Waals surface area contributed by atoms with Crippen LogP contribution in [0.15, 0.2) is 97.1 Å². The first-order valence-corrected chi connectivity index (χ1v) is 12.2. The molecule has 4 rings (SSSR count). The summed E-state index contributed by atoms with van der Waals surface area (Å²) in [5.41, 5.74) is -0.158. The van der Waals surface area contributed by atoms with E-state index in [4.69, 9.17) is 46.4 Å². The lowest BCUT2D eigenvalue weighted by Gasteiger charge is -2.35. The van der Waals surface area contributed by atoms with Crippen LogP contribution in [0.25, 0.3) is 0 Å². The van der Waals surface area contributed by atoms with Crippen LogP contribution in [0.4, 0.5) is 0 Å². The van der Waals surface area contributed by atoms with Crippen molar-refractivity contribution in [3.63, 3.8) is 0 Å². The summed E-state index contributed by atoms with van der Waals surface area (Å²) in [5.74, 6) is 0. The lowest BCUT2D eigenvalue weighted by Crippen LogP contribution is -2.34. The molecule has 34 heavy (non-hydrogen) atoms. The number of halogens is 4. The summed E-state index contributed by atoms with van der Waals surface area (Å²) in [6, 6.07) is 28.2. The van der Waals surface area contributed by atoms with Crippen LogP contribution in [0.1, 0.15) is 35.1 Å². The molecule has 4 aromatic carbocycles. The second-order valence-corrected chi connectivity index (χ2v) is 9.99. The second kappa shape index (κ2) is 10.3. The van der Waals surface area contributed by atoms with E-state index >= 15 is 0 Å². The predicted octanol–water partition coefficient (Wildman–Crippen LogP) is 8.25. The highest BCUT2D eigenvalue weighted by molar-refractivity contribution is 6.31. The summed E-state index contributed by atoms with van der Waals surface area (Å²) in [7, 11) is 0. The zero-order chi connectivity index (χ0) is 24.3. The van der Waals surface area contributed by atoms with Gasteiger partial charge in [-0.25, -0.2) is 0 Å². The number of aliphatic hydroxyl groups is 2. The van der Waals surface area contributed by atoms with Crippen LogP contribution >= 0.6 is 46.4 Å². The van der Waals surface area contributed by atoms with E-state index in [-0.39, 0.29) is 12.8 Å². The Morgan fingerprint density at radius 1 is 0.382 bits per heavy atom. The molecule has 0 aliphatic carbocycles. The topological polar surface area (TPSA) is 40.5 Å². The molecular weight excluding hydrogens is 510 g/mol. The van der Waals surface area contributed by atoms with Gasteiger partial charge in [-0.3, -0.25) is 0 Å². The summed E-state index contributed by atoms with van der Waals surface area (Å²) in [4.78, 5) is 0. The van der Waals surface area contributed by atoms with Crippen molar-refractivity contribution in [3.8, 4) is 0 Å². The van der Waals surface area contributed by atoms with Gasteiger partial charge >= 0.3 is 0 Å². The zero-order valence-electron chi connectivity index (χ0n) is 18.1. The summed E-state index contributed by atoms with van der Waals surface area (Å²) in [6.45, 7) is 0. The van der Waals surface area contributed by atoms with E-state index in [2.05, 4.69) is 0 Å². The molecule has 2 N–H and O–H groups in total. The molecule has 0 unspecified atom stereocenters. The third kappa shape index (κ3) is 5.28. The fraction of sp³-hybridized carbons (Fsp3) is 0.143. The highest BCUT2D eigenvalue weighted by atomic mass is 35.5. The number of hydrogen-bond acceptors (Lipinski definition) is 2. The fourth-order valence-electron chi connectivity index (χ4n) is 4.17. The first-order valence-electron chi connectivity index (χ1n) is 10.7. The Morgan fingerprint density at radius 3 is 0.735 bits per heavy atom. The van der Waals surface area contributed by atoms with Crippen molar-refractivity contribution in [3.05, 3.63) is 139 Å². The molecule has 0 saturated heterocycles. The zero-order valence-corrected chi connectivity index (χ0v) is 21.1. The van der Waals surface area contributed by atoms with E-state index in [9.17, 15) is 10.2 Å². The maximum absolute atomic E-state index is 12.0. The molecule has 0 atom stereocenters. The van der Waals surface area contributed by atoms with Gasteiger partial charge < -0.3 is 10.2 Å². The summed E-state index contributed by atoms with van der Waals surface area (Å²) < 4.78 is 0. The average molecular weight is 532 g/mol. The Balaban J connectivity index is 1.78. The smallest absolute Gasteiger partial charge is 0.115 e. The molecule has 0 fully saturated rings. The number of benzene rings is 4. The minimum Gasteiger partial charge on any atom is -0.380 e. The standard InChI is InChI=1S/C28H22Cl4O2/c29-23-9-1-19(2-10-23)27(33,20-3-11-24(30)12-4-20)17-18-28(34,21-5-13-25(31)14-6-21)22-7-15-26(32)16-8-22/h1-16,33-34H,17-18H2. The van der Waals surface area contributed by atoms with Crippen LogP contribution in [0.2, 0.25) is 20.1 Å². The molecule has 0 saturated carbocycles. The van der Waals surface area contributed by atoms with Gasteiger partial charge in [0.05, 0.1) is 0 Å². The van der Waals surface area contributed by atoms with Crippen LogP contribution in [0.3, 0.4) is 0 Å². The maximum atomic E-state index is 12.0. The van der Waals surface area contributed by atoms with E-state index in [1.165, 1.54) is 0 Å². The Hall–Kier alpha value is -2.04. The quantitative estimate of drug-likeness (QED) is 0.252. The molecule has 0 bridgehead atoms. The second-order valence-electron chi connectivity index (χ2n) is 8.25. The molecule has 0 amide bonds. The van der Waals surface area contributed by atoms with Crippen molar-refractivity contribution < 1.29 is 10.2 Å². The molecule has 0 spiro atoms. The van der Waals surface area contributed by atoms with Gasteiger partial charge in [0.25, 0.3) is 0 Å². The molecular formula is C28H22Cl4O2. The number of rotatable bonds is 7. The van der Waals surface area contributed by atoms with E-state index in [1.807, 2.05) is 0 Å². The predicted molar refractivity (Wildman–Crippen MR) is 141 cm³/mol. The molecule has 0 aliphatic rings. The molecule has 6 heteroatoms. The van der Waals surface area contributed by atoms with Crippen LogP contribution in [0.5, 0.6) is 0 Å². The lowest BCUT2D eigenvalue weighted by atomic mass is 9.76. The molecule has 174 valence electrons. The minimum atomic E-state index is -1.40. The molecule has 0 aromatic heterocycles. The molecule has 4 aromatic rings. The molecule has 0 aliphatic heterocycles. The summed E-state index contributed by atoms with van der Waals surface area (Å²) >= 11 is 24.4.